The van der Waals surface area contributed by atoms with E-state index in [-0.39, 0.29) is 11.8 Å². The minimum absolute atomic E-state index is 0.115. The molecule has 1 aromatic heterocycles. The Morgan fingerprint density at radius 1 is 1.17 bits per heavy atom. The fourth-order valence-electron chi connectivity index (χ4n) is 3.25. The van der Waals surface area contributed by atoms with Crippen molar-refractivity contribution in [1.82, 2.24) is 4.90 Å². The fraction of sp³-hybridized carbons (Fsp3) is 0.421. The van der Waals surface area contributed by atoms with Gasteiger partial charge in [0.1, 0.15) is 11.5 Å². The van der Waals surface area contributed by atoms with Gasteiger partial charge in [0.2, 0.25) is 5.91 Å². The van der Waals surface area contributed by atoms with Gasteiger partial charge in [0, 0.05) is 25.1 Å². The lowest BCUT2D eigenvalue weighted by Gasteiger charge is -2.28. The lowest BCUT2D eigenvalue weighted by Crippen LogP contribution is -2.36. The third kappa shape index (κ3) is 3.58. The highest BCUT2D eigenvalue weighted by Crippen LogP contribution is 2.35. The molecule has 3 rings (SSSR count). The van der Waals surface area contributed by atoms with Crippen molar-refractivity contribution in [2.24, 2.45) is 0 Å². The Bertz CT molecular complexity index is 630. The average Bonchev–Trinajstić information content (AvgIpc) is 3.14. The highest BCUT2D eigenvalue weighted by atomic mass is 16.5. The van der Waals surface area contributed by atoms with Crippen LogP contribution in [0.5, 0.6) is 5.75 Å². The number of amides is 1. The summed E-state index contributed by atoms with van der Waals surface area (Å²) in [5.41, 5.74) is 0.996. The molecule has 0 unspecified atom stereocenters. The molecule has 0 bridgehead atoms. The predicted octanol–water partition coefficient (Wildman–Crippen LogP) is 3.82. The van der Waals surface area contributed by atoms with Crippen LogP contribution in [0, 0.1) is 0 Å². The minimum Gasteiger partial charge on any atom is -0.496 e. The predicted molar refractivity (Wildman–Crippen MR) is 88.6 cm³/mol. The lowest BCUT2D eigenvalue weighted by molar-refractivity contribution is -0.132. The minimum atomic E-state index is -0.115. The number of hydrogen-bond acceptors (Lipinski definition) is 3. The summed E-state index contributed by atoms with van der Waals surface area (Å²) < 4.78 is 11.1. The molecular weight excluding hydrogens is 290 g/mol. The van der Waals surface area contributed by atoms with Crippen molar-refractivity contribution in [1.29, 1.82) is 0 Å². The van der Waals surface area contributed by atoms with Gasteiger partial charge >= 0.3 is 0 Å². The number of ether oxygens (including phenoxy) is 1. The summed E-state index contributed by atoms with van der Waals surface area (Å²) in [5, 5.41) is 0. The van der Waals surface area contributed by atoms with E-state index in [2.05, 4.69) is 0 Å². The first-order chi connectivity index (χ1) is 11.3. The van der Waals surface area contributed by atoms with Crippen LogP contribution >= 0.6 is 0 Å². The van der Waals surface area contributed by atoms with Crippen LogP contribution in [-0.4, -0.2) is 31.0 Å². The van der Waals surface area contributed by atoms with Crippen molar-refractivity contribution in [2.75, 3.05) is 20.2 Å². The number of carbonyl (C=O) groups excluding carboxylic acids is 1. The molecule has 0 spiro atoms. The Hall–Kier alpha value is -2.23. The molecule has 1 amide bonds. The van der Waals surface area contributed by atoms with Gasteiger partial charge in [-0.1, -0.05) is 18.2 Å². The average molecular weight is 313 g/mol. The summed E-state index contributed by atoms with van der Waals surface area (Å²) in [7, 11) is 1.66. The zero-order valence-electron chi connectivity index (χ0n) is 13.5. The smallest absolute Gasteiger partial charge is 0.223 e. The van der Waals surface area contributed by atoms with E-state index < -0.39 is 0 Å². The summed E-state index contributed by atoms with van der Waals surface area (Å²) in [6.07, 6.45) is 5.49. The fourth-order valence-corrected chi connectivity index (χ4v) is 3.25. The van der Waals surface area contributed by atoms with Crippen molar-refractivity contribution in [3.05, 3.63) is 54.0 Å². The van der Waals surface area contributed by atoms with Crippen LogP contribution in [0.15, 0.2) is 47.1 Å². The summed E-state index contributed by atoms with van der Waals surface area (Å²) in [6, 6.07) is 11.6. The molecule has 0 N–H and O–H groups in total. The molecule has 122 valence electrons. The summed E-state index contributed by atoms with van der Waals surface area (Å²) in [4.78, 5) is 14.7. The zero-order chi connectivity index (χ0) is 16.1. The number of carbonyl (C=O) groups is 1. The Balaban J connectivity index is 1.86. The van der Waals surface area contributed by atoms with Crippen molar-refractivity contribution in [3.63, 3.8) is 0 Å². The van der Waals surface area contributed by atoms with Crippen LogP contribution in [0.2, 0.25) is 0 Å². The number of methoxy groups -OCH3 is 1. The molecule has 23 heavy (non-hydrogen) atoms. The van der Waals surface area contributed by atoms with Crippen LogP contribution < -0.4 is 4.74 Å². The van der Waals surface area contributed by atoms with Gasteiger partial charge in [0.25, 0.3) is 0 Å². The Labute approximate surface area is 137 Å². The van der Waals surface area contributed by atoms with Gasteiger partial charge in [0.05, 0.1) is 19.3 Å². The van der Waals surface area contributed by atoms with E-state index in [1.165, 1.54) is 6.42 Å². The van der Waals surface area contributed by atoms with Gasteiger partial charge in [-0.3, -0.25) is 4.79 Å². The second-order valence-corrected chi connectivity index (χ2v) is 5.96. The number of nitrogens with zero attached hydrogens (tertiary/aromatic N) is 1. The maximum atomic E-state index is 12.7. The summed E-state index contributed by atoms with van der Waals surface area (Å²) in [5.74, 6) is 1.67. The van der Waals surface area contributed by atoms with E-state index in [1.54, 1.807) is 13.4 Å². The summed E-state index contributed by atoms with van der Waals surface area (Å²) >= 11 is 0. The van der Waals surface area contributed by atoms with Gasteiger partial charge in [-0.2, -0.15) is 0 Å². The van der Waals surface area contributed by atoms with E-state index in [9.17, 15) is 4.79 Å². The van der Waals surface area contributed by atoms with Crippen LogP contribution in [0.1, 0.15) is 42.9 Å². The van der Waals surface area contributed by atoms with Crippen LogP contribution in [0.4, 0.5) is 0 Å². The normalized spacial score (nSPS) is 16.1. The van der Waals surface area contributed by atoms with Crippen molar-refractivity contribution < 1.29 is 13.9 Å². The summed E-state index contributed by atoms with van der Waals surface area (Å²) in [6.45, 7) is 1.74. The molecular formula is C19H23NO3. The maximum Gasteiger partial charge on any atom is 0.223 e. The molecule has 1 atom stereocenters. The molecule has 1 aliphatic heterocycles. The first-order valence-electron chi connectivity index (χ1n) is 8.23. The largest absolute Gasteiger partial charge is 0.496 e. The molecule has 4 nitrogen and oxygen atoms in total. The number of furan rings is 1. The van der Waals surface area contributed by atoms with Crippen LogP contribution in [0.3, 0.4) is 0 Å². The number of rotatable bonds is 5. The molecule has 4 heteroatoms. The van der Waals surface area contributed by atoms with E-state index >= 15 is 0 Å². The molecule has 0 saturated carbocycles. The van der Waals surface area contributed by atoms with Gasteiger partial charge in [0.15, 0.2) is 0 Å². The second-order valence-electron chi connectivity index (χ2n) is 5.96. The Kier molecular flexibility index (Phi) is 5.01. The third-order valence-electron chi connectivity index (χ3n) is 4.49. The van der Waals surface area contributed by atoms with Gasteiger partial charge < -0.3 is 14.1 Å². The maximum absolute atomic E-state index is 12.7. The van der Waals surface area contributed by atoms with E-state index in [0.29, 0.717) is 6.42 Å². The van der Waals surface area contributed by atoms with Gasteiger partial charge in [-0.25, -0.2) is 0 Å². The number of likely N-dealkylation sites (tertiary alicyclic amines) is 1. The number of para-hydroxylation sites is 1. The number of benzene rings is 1. The van der Waals surface area contributed by atoms with E-state index in [0.717, 1.165) is 43.0 Å². The quantitative estimate of drug-likeness (QED) is 0.842. The Morgan fingerprint density at radius 3 is 2.65 bits per heavy atom. The molecule has 1 saturated heterocycles. The van der Waals surface area contributed by atoms with Gasteiger partial charge in [-0.05, 0) is 37.5 Å². The van der Waals surface area contributed by atoms with Crippen LogP contribution in [0.25, 0.3) is 0 Å². The monoisotopic (exact) mass is 313 g/mol. The van der Waals surface area contributed by atoms with Crippen molar-refractivity contribution in [2.45, 2.75) is 31.6 Å². The van der Waals surface area contributed by atoms with Crippen molar-refractivity contribution in [3.8, 4) is 5.75 Å². The molecule has 1 aliphatic rings. The SMILES string of the molecule is COc1ccccc1[C@H](CC(=O)N1CCCCC1)c1ccco1. The zero-order valence-corrected chi connectivity index (χ0v) is 13.5. The standard InChI is InChI=1S/C19H23NO3/c1-22-17-9-4-3-8-15(17)16(18-10-7-13-23-18)14-19(21)20-11-5-2-6-12-20/h3-4,7-10,13,16H,2,5-6,11-12,14H2,1H3/t16-/m0/s1. The highest BCUT2D eigenvalue weighted by Gasteiger charge is 2.26. The highest BCUT2D eigenvalue weighted by molar-refractivity contribution is 5.78. The second kappa shape index (κ2) is 7.36. The molecule has 0 radical (unpaired) electrons. The molecule has 1 aromatic carbocycles. The van der Waals surface area contributed by atoms with Crippen LogP contribution in [-0.2, 0) is 4.79 Å². The van der Waals surface area contributed by atoms with Crippen molar-refractivity contribution >= 4 is 5.91 Å². The first kappa shape index (κ1) is 15.7. The molecule has 0 aliphatic carbocycles. The van der Waals surface area contributed by atoms with E-state index in [4.69, 9.17) is 9.15 Å². The molecule has 1 fully saturated rings. The third-order valence-corrected chi connectivity index (χ3v) is 4.49. The Morgan fingerprint density at radius 2 is 1.96 bits per heavy atom. The lowest BCUT2D eigenvalue weighted by atomic mass is 9.91. The van der Waals surface area contributed by atoms with Gasteiger partial charge in [-0.15, -0.1) is 0 Å². The number of hydrogen-bond donors (Lipinski definition) is 0. The first-order valence-corrected chi connectivity index (χ1v) is 8.23. The number of piperidine rings is 1. The topological polar surface area (TPSA) is 42.7 Å². The van der Waals surface area contributed by atoms with E-state index in [1.807, 2.05) is 41.3 Å². The molecule has 2 aromatic rings. The molecule has 2 heterocycles.